The number of hydrogen-bond acceptors (Lipinski definition) is 1. The van der Waals surface area contributed by atoms with Crippen LogP contribution in [0.3, 0.4) is 0 Å². The van der Waals surface area contributed by atoms with Crippen molar-refractivity contribution >= 4 is 0 Å². The molecule has 0 fully saturated rings. The molecular weight excluding hydrogens is 213 g/mol. The van der Waals surface area contributed by atoms with E-state index in [9.17, 15) is 4.39 Å². The van der Waals surface area contributed by atoms with Gasteiger partial charge >= 0.3 is 0 Å². The van der Waals surface area contributed by atoms with Crippen LogP contribution < -0.4 is 5.32 Å². The van der Waals surface area contributed by atoms with Gasteiger partial charge in [-0.3, -0.25) is 0 Å². The van der Waals surface area contributed by atoms with Crippen molar-refractivity contribution in [1.82, 2.24) is 5.32 Å². The molecule has 0 saturated carbocycles. The third-order valence-corrected chi connectivity index (χ3v) is 2.88. The van der Waals surface area contributed by atoms with Crippen molar-refractivity contribution in [3.63, 3.8) is 0 Å². The maximum Gasteiger partial charge on any atom is 0.123 e. The monoisotopic (exact) mass is 229 g/mol. The second-order valence-corrected chi connectivity index (χ2v) is 4.07. The molecule has 0 heterocycles. The Labute approximate surface area is 101 Å². The summed E-state index contributed by atoms with van der Waals surface area (Å²) in [6.45, 7) is 0.843. The van der Waals surface area contributed by atoms with Crippen LogP contribution in [0.4, 0.5) is 4.39 Å². The van der Waals surface area contributed by atoms with Gasteiger partial charge in [-0.1, -0.05) is 42.5 Å². The van der Waals surface area contributed by atoms with E-state index in [1.807, 2.05) is 37.4 Å². The third kappa shape index (κ3) is 2.92. The fraction of sp³-hybridized carbons (Fsp3) is 0.200. The Kier molecular flexibility index (Phi) is 3.89. The van der Waals surface area contributed by atoms with Crippen molar-refractivity contribution in [2.75, 3.05) is 13.6 Å². The van der Waals surface area contributed by atoms with Crippen LogP contribution in [0.5, 0.6) is 0 Å². The van der Waals surface area contributed by atoms with E-state index in [1.165, 1.54) is 17.7 Å². The van der Waals surface area contributed by atoms with Crippen LogP contribution in [0, 0.1) is 5.82 Å². The zero-order chi connectivity index (χ0) is 12.1. The van der Waals surface area contributed by atoms with Gasteiger partial charge in [0.2, 0.25) is 0 Å². The van der Waals surface area contributed by atoms with Crippen LogP contribution in [-0.2, 0) is 0 Å². The van der Waals surface area contributed by atoms with Crippen molar-refractivity contribution < 1.29 is 4.39 Å². The number of hydrogen-bond donors (Lipinski definition) is 1. The second-order valence-electron chi connectivity index (χ2n) is 4.07. The fourth-order valence-electron chi connectivity index (χ4n) is 2.01. The summed E-state index contributed by atoms with van der Waals surface area (Å²) in [5, 5.41) is 3.19. The molecule has 0 radical (unpaired) electrons. The Morgan fingerprint density at radius 3 is 2.12 bits per heavy atom. The minimum Gasteiger partial charge on any atom is -0.319 e. The molecule has 0 spiro atoms. The van der Waals surface area contributed by atoms with E-state index in [0.29, 0.717) is 0 Å². The quantitative estimate of drug-likeness (QED) is 0.849. The molecule has 2 heteroatoms. The minimum atomic E-state index is -0.190. The molecule has 2 aromatic carbocycles. The molecule has 2 rings (SSSR count). The summed E-state index contributed by atoms with van der Waals surface area (Å²) in [4.78, 5) is 0. The number of halogens is 1. The molecule has 0 saturated heterocycles. The molecule has 0 aliphatic rings. The van der Waals surface area contributed by atoms with Gasteiger partial charge in [-0.25, -0.2) is 4.39 Å². The van der Waals surface area contributed by atoms with Crippen molar-refractivity contribution in [1.29, 1.82) is 0 Å². The maximum absolute atomic E-state index is 12.9. The van der Waals surface area contributed by atoms with E-state index < -0.39 is 0 Å². The number of benzene rings is 2. The molecule has 0 amide bonds. The van der Waals surface area contributed by atoms with Crippen LogP contribution in [0.25, 0.3) is 0 Å². The summed E-state index contributed by atoms with van der Waals surface area (Å²) in [5.41, 5.74) is 2.38. The van der Waals surface area contributed by atoms with Crippen molar-refractivity contribution in [3.8, 4) is 0 Å². The topological polar surface area (TPSA) is 12.0 Å². The van der Waals surface area contributed by atoms with Crippen molar-refractivity contribution in [2.45, 2.75) is 5.92 Å². The van der Waals surface area contributed by atoms with Gasteiger partial charge in [0.25, 0.3) is 0 Å². The van der Waals surface area contributed by atoms with E-state index in [-0.39, 0.29) is 11.7 Å². The molecule has 1 nitrogen and oxygen atoms in total. The predicted octanol–water partition coefficient (Wildman–Crippen LogP) is 3.18. The summed E-state index contributed by atoms with van der Waals surface area (Å²) in [6.07, 6.45) is 0. The van der Waals surface area contributed by atoms with Crippen LogP contribution in [0.15, 0.2) is 54.6 Å². The Morgan fingerprint density at radius 1 is 0.941 bits per heavy atom. The van der Waals surface area contributed by atoms with E-state index in [2.05, 4.69) is 17.4 Å². The predicted molar refractivity (Wildman–Crippen MR) is 68.6 cm³/mol. The lowest BCUT2D eigenvalue weighted by Crippen LogP contribution is -2.18. The number of nitrogens with one attached hydrogen (secondary N) is 1. The smallest absolute Gasteiger partial charge is 0.123 e. The average Bonchev–Trinajstić information content (AvgIpc) is 2.38. The normalized spacial score (nSPS) is 12.4. The number of likely N-dealkylation sites (N-methyl/N-ethyl adjacent to an activating group) is 1. The zero-order valence-corrected chi connectivity index (χ0v) is 9.86. The molecule has 0 aliphatic heterocycles. The first-order chi connectivity index (χ1) is 8.31. The Hall–Kier alpha value is -1.67. The Bertz CT molecular complexity index is 450. The Balaban J connectivity index is 2.32. The lowest BCUT2D eigenvalue weighted by atomic mass is 9.91. The number of rotatable bonds is 4. The molecule has 88 valence electrons. The lowest BCUT2D eigenvalue weighted by molar-refractivity contribution is 0.625. The summed E-state index contributed by atoms with van der Waals surface area (Å²) in [7, 11) is 1.93. The molecule has 2 aromatic rings. The standard InChI is InChI=1S/C15H16FN/c1-17-11-15(12-5-3-2-4-6-12)13-7-9-14(16)10-8-13/h2-10,15,17H,11H2,1H3. The highest BCUT2D eigenvalue weighted by Crippen LogP contribution is 2.23. The van der Waals surface area contributed by atoms with Gasteiger partial charge in [-0.15, -0.1) is 0 Å². The summed E-state index contributed by atoms with van der Waals surface area (Å²) < 4.78 is 12.9. The maximum atomic E-state index is 12.9. The molecule has 0 aliphatic carbocycles. The highest BCUT2D eigenvalue weighted by molar-refractivity contribution is 5.32. The van der Waals surface area contributed by atoms with Crippen LogP contribution in [0.1, 0.15) is 17.0 Å². The lowest BCUT2D eigenvalue weighted by Gasteiger charge is -2.17. The van der Waals surface area contributed by atoms with E-state index in [1.54, 1.807) is 0 Å². The first-order valence-corrected chi connectivity index (χ1v) is 5.76. The van der Waals surface area contributed by atoms with E-state index in [4.69, 9.17) is 0 Å². The van der Waals surface area contributed by atoms with Gasteiger partial charge in [0.05, 0.1) is 0 Å². The van der Waals surface area contributed by atoms with E-state index >= 15 is 0 Å². The van der Waals surface area contributed by atoms with Gasteiger partial charge in [0.1, 0.15) is 5.82 Å². The highest BCUT2D eigenvalue weighted by atomic mass is 19.1. The first-order valence-electron chi connectivity index (χ1n) is 5.76. The van der Waals surface area contributed by atoms with Gasteiger partial charge < -0.3 is 5.32 Å². The summed E-state index contributed by atoms with van der Waals surface area (Å²) in [6, 6.07) is 17.0. The van der Waals surface area contributed by atoms with Crippen molar-refractivity contribution in [2.24, 2.45) is 0 Å². The highest BCUT2D eigenvalue weighted by Gasteiger charge is 2.12. The minimum absolute atomic E-state index is 0.190. The van der Waals surface area contributed by atoms with Crippen LogP contribution >= 0.6 is 0 Å². The molecule has 0 aromatic heterocycles. The Morgan fingerprint density at radius 2 is 1.53 bits per heavy atom. The molecule has 1 N–H and O–H groups in total. The molecular formula is C15H16FN. The van der Waals surface area contributed by atoms with Crippen LogP contribution in [-0.4, -0.2) is 13.6 Å². The summed E-state index contributed by atoms with van der Waals surface area (Å²) in [5.74, 6) is 0.0758. The summed E-state index contributed by atoms with van der Waals surface area (Å²) >= 11 is 0. The zero-order valence-electron chi connectivity index (χ0n) is 9.86. The second kappa shape index (κ2) is 5.60. The van der Waals surface area contributed by atoms with Gasteiger partial charge in [-0.05, 0) is 30.3 Å². The average molecular weight is 229 g/mol. The molecule has 1 unspecified atom stereocenters. The third-order valence-electron chi connectivity index (χ3n) is 2.88. The largest absolute Gasteiger partial charge is 0.319 e. The SMILES string of the molecule is CNCC(c1ccccc1)c1ccc(F)cc1. The van der Waals surface area contributed by atoms with Gasteiger partial charge in [0.15, 0.2) is 0 Å². The van der Waals surface area contributed by atoms with Gasteiger partial charge in [0, 0.05) is 12.5 Å². The van der Waals surface area contributed by atoms with Gasteiger partial charge in [-0.2, -0.15) is 0 Å². The molecule has 1 atom stereocenters. The van der Waals surface area contributed by atoms with Crippen LogP contribution in [0.2, 0.25) is 0 Å². The molecule has 0 bridgehead atoms. The van der Waals surface area contributed by atoms with E-state index in [0.717, 1.165) is 12.1 Å². The van der Waals surface area contributed by atoms with Crippen molar-refractivity contribution in [3.05, 3.63) is 71.5 Å². The fourth-order valence-corrected chi connectivity index (χ4v) is 2.01. The molecule has 17 heavy (non-hydrogen) atoms. The first kappa shape index (κ1) is 11.8.